The van der Waals surface area contributed by atoms with Crippen LogP contribution in [0.2, 0.25) is 10.0 Å². The van der Waals surface area contributed by atoms with E-state index in [1.165, 1.54) is 0 Å². The fourth-order valence-electron chi connectivity index (χ4n) is 3.48. The summed E-state index contributed by atoms with van der Waals surface area (Å²) in [4.78, 5) is 17.3. The molecule has 5 nitrogen and oxygen atoms in total. The Balaban J connectivity index is 1.40. The highest BCUT2D eigenvalue weighted by Gasteiger charge is 2.16. The van der Waals surface area contributed by atoms with Gasteiger partial charge >= 0.3 is 0 Å². The van der Waals surface area contributed by atoms with Crippen molar-refractivity contribution in [3.8, 4) is 17.2 Å². The van der Waals surface area contributed by atoms with Crippen LogP contribution in [0.4, 0.5) is 5.69 Å². The number of carbonyl (C=O) groups excluding carboxylic acids is 1. The van der Waals surface area contributed by atoms with E-state index in [1.54, 1.807) is 24.3 Å². The molecule has 32 heavy (non-hydrogen) atoms. The molecular formula is C25H16Cl2N2O3. The van der Waals surface area contributed by atoms with Gasteiger partial charge in [0.1, 0.15) is 11.3 Å². The third-order valence-electron chi connectivity index (χ3n) is 4.97. The van der Waals surface area contributed by atoms with Crippen LogP contribution in [0.25, 0.3) is 33.3 Å². The molecule has 1 amide bonds. The molecule has 7 heteroatoms. The SMILES string of the molecule is O=C(COc1ccc(Cl)cc1Cl)Nc1ccccc1-c1nc2c(ccc3ccccc32)o1. The largest absolute Gasteiger partial charge is 0.482 e. The topological polar surface area (TPSA) is 64.4 Å². The van der Waals surface area contributed by atoms with Crippen molar-refractivity contribution in [2.45, 2.75) is 0 Å². The molecule has 1 heterocycles. The number of oxazole rings is 1. The average molecular weight is 463 g/mol. The summed E-state index contributed by atoms with van der Waals surface area (Å²) in [6.45, 7) is -0.214. The molecule has 1 aromatic heterocycles. The fourth-order valence-corrected chi connectivity index (χ4v) is 3.94. The second-order valence-electron chi connectivity index (χ2n) is 7.11. The lowest BCUT2D eigenvalue weighted by molar-refractivity contribution is -0.118. The predicted octanol–water partition coefficient (Wildman–Crippen LogP) is 6.97. The quantitative estimate of drug-likeness (QED) is 0.306. The molecule has 1 N–H and O–H groups in total. The van der Waals surface area contributed by atoms with E-state index in [0.29, 0.717) is 38.5 Å². The Labute approximate surface area is 193 Å². The zero-order chi connectivity index (χ0) is 22.1. The van der Waals surface area contributed by atoms with Crippen LogP contribution in [0.5, 0.6) is 5.75 Å². The first-order valence-electron chi connectivity index (χ1n) is 9.84. The molecule has 0 fully saturated rings. The molecule has 0 saturated heterocycles. The van der Waals surface area contributed by atoms with Gasteiger partial charge in [-0.1, -0.05) is 65.7 Å². The minimum atomic E-state index is -0.343. The van der Waals surface area contributed by atoms with Gasteiger partial charge in [0.25, 0.3) is 5.91 Å². The van der Waals surface area contributed by atoms with Crippen LogP contribution in [0.15, 0.2) is 83.3 Å². The number of halogens is 2. The molecule has 0 bridgehead atoms. The summed E-state index contributed by atoms with van der Waals surface area (Å²) in [6, 6.07) is 24.0. The first kappa shape index (κ1) is 20.4. The molecule has 158 valence electrons. The first-order valence-corrected chi connectivity index (χ1v) is 10.6. The van der Waals surface area contributed by atoms with Gasteiger partial charge < -0.3 is 14.5 Å². The lowest BCUT2D eigenvalue weighted by Crippen LogP contribution is -2.20. The Hall–Kier alpha value is -3.54. The highest BCUT2D eigenvalue weighted by molar-refractivity contribution is 6.35. The van der Waals surface area contributed by atoms with Crippen LogP contribution >= 0.6 is 23.2 Å². The number of rotatable bonds is 5. The van der Waals surface area contributed by atoms with Crippen molar-refractivity contribution in [2.75, 3.05) is 11.9 Å². The summed E-state index contributed by atoms with van der Waals surface area (Å²) in [5.41, 5.74) is 2.70. The summed E-state index contributed by atoms with van der Waals surface area (Å²) in [7, 11) is 0. The van der Waals surface area contributed by atoms with Crippen molar-refractivity contribution in [2.24, 2.45) is 0 Å². The van der Waals surface area contributed by atoms with Gasteiger partial charge in [0, 0.05) is 10.4 Å². The third kappa shape index (κ3) is 4.00. The molecule has 0 aliphatic heterocycles. The van der Waals surface area contributed by atoms with Crippen molar-refractivity contribution in [3.05, 3.63) is 88.9 Å². The van der Waals surface area contributed by atoms with E-state index < -0.39 is 0 Å². The molecule has 0 radical (unpaired) electrons. The molecule has 0 saturated carbocycles. The minimum absolute atomic E-state index is 0.214. The smallest absolute Gasteiger partial charge is 0.262 e. The molecular weight excluding hydrogens is 447 g/mol. The number of para-hydroxylation sites is 1. The van der Waals surface area contributed by atoms with Crippen molar-refractivity contribution in [1.29, 1.82) is 0 Å². The van der Waals surface area contributed by atoms with Gasteiger partial charge in [-0.15, -0.1) is 0 Å². The summed E-state index contributed by atoms with van der Waals surface area (Å²) in [6.07, 6.45) is 0. The Kier molecular flexibility index (Phi) is 5.43. The normalized spacial score (nSPS) is 11.1. The maximum absolute atomic E-state index is 12.5. The number of fused-ring (bicyclic) bond motifs is 3. The van der Waals surface area contributed by atoms with E-state index in [-0.39, 0.29) is 12.5 Å². The molecule has 5 rings (SSSR count). The van der Waals surface area contributed by atoms with Crippen molar-refractivity contribution < 1.29 is 13.9 Å². The van der Waals surface area contributed by atoms with E-state index in [2.05, 4.69) is 5.32 Å². The molecule has 0 atom stereocenters. The number of amides is 1. The minimum Gasteiger partial charge on any atom is -0.482 e. The number of aromatic nitrogens is 1. The second kappa shape index (κ2) is 8.54. The number of anilines is 1. The van der Waals surface area contributed by atoms with Gasteiger partial charge in [0.15, 0.2) is 12.2 Å². The first-order chi connectivity index (χ1) is 15.6. The van der Waals surface area contributed by atoms with Gasteiger partial charge in [-0.05, 0) is 41.8 Å². The molecule has 0 spiro atoms. The van der Waals surface area contributed by atoms with E-state index in [1.807, 2.05) is 54.6 Å². The lowest BCUT2D eigenvalue weighted by Gasteiger charge is -2.11. The van der Waals surface area contributed by atoms with Crippen molar-refractivity contribution in [3.63, 3.8) is 0 Å². The van der Waals surface area contributed by atoms with Crippen LogP contribution in [0.1, 0.15) is 0 Å². The van der Waals surface area contributed by atoms with Gasteiger partial charge in [-0.25, -0.2) is 4.98 Å². The van der Waals surface area contributed by atoms with Gasteiger partial charge in [0.2, 0.25) is 5.89 Å². The monoisotopic (exact) mass is 462 g/mol. The summed E-state index contributed by atoms with van der Waals surface area (Å²) in [5, 5.41) is 5.78. The highest BCUT2D eigenvalue weighted by atomic mass is 35.5. The van der Waals surface area contributed by atoms with Gasteiger partial charge in [0.05, 0.1) is 16.3 Å². The number of nitrogens with one attached hydrogen (secondary N) is 1. The van der Waals surface area contributed by atoms with E-state index in [9.17, 15) is 4.79 Å². The Bertz CT molecular complexity index is 1460. The van der Waals surface area contributed by atoms with Crippen LogP contribution in [0, 0.1) is 0 Å². The Morgan fingerprint density at radius 3 is 2.66 bits per heavy atom. The average Bonchev–Trinajstić information content (AvgIpc) is 3.24. The number of benzene rings is 4. The maximum Gasteiger partial charge on any atom is 0.262 e. The van der Waals surface area contributed by atoms with E-state index in [0.717, 1.165) is 16.3 Å². The highest BCUT2D eigenvalue weighted by Crippen LogP contribution is 2.33. The summed E-state index contributed by atoms with van der Waals surface area (Å²) >= 11 is 12.0. The van der Waals surface area contributed by atoms with Crippen LogP contribution < -0.4 is 10.1 Å². The molecule has 0 unspecified atom stereocenters. The van der Waals surface area contributed by atoms with Crippen molar-refractivity contribution in [1.82, 2.24) is 4.98 Å². The molecule has 0 aliphatic carbocycles. The third-order valence-corrected chi connectivity index (χ3v) is 5.50. The Morgan fingerprint density at radius 2 is 1.78 bits per heavy atom. The van der Waals surface area contributed by atoms with Crippen LogP contribution in [-0.4, -0.2) is 17.5 Å². The number of hydrogen-bond donors (Lipinski definition) is 1. The van der Waals surface area contributed by atoms with Crippen LogP contribution in [0.3, 0.4) is 0 Å². The maximum atomic E-state index is 12.5. The van der Waals surface area contributed by atoms with E-state index in [4.69, 9.17) is 37.3 Å². The lowest BCUT2D eigenvalue weighted by atomic mass is 10.1. The number of ether oxygens (including phenoxy) is 1. The van der Waals surface area contributed by atoms with E-state index >= 15 is 0 Å². The summed E-state index contributed by atoms with van der Waals surface area (Å²) in [5.74, 6) is 0.462. The Morgan fingerprint density at radius 1 is 0.969 bits per heavy atom. The zero-order valence-corrected chi connectivity index (χ0v) is 18.2. The standard InChI is InChI=1S/C25H16Cl2N2O3/c26-16-10-12-21(19(27)13-16)31-14-23(30)28-20-8-4-3-7-18(20)25-29-24-17-6-2-1-5-15(17)9-11-22(24)32-25/h1-13H,14H2,(H,28,30). The molecule has 0 aliphatic rings. The number of hydrogen-bond acceptors (Lipinski definition) is 4. The van der Waals surface area contributed by atoms with Gasteiger partial charge in [-0.3, -0.25) is 4.79 Å². The van der Waals surface area contributed by atoms with Crippen LogP contribution in [-0.2, 0) is 4.79 Å². The number of nitrogens with zero attached hydrogens (tertiary/aromatic N) is 1. The number of carbonyl (C=O) groups is 1. The zero-order valence-electron chi connectivity index (χ0n) is 16.6. The molecule has 5 aromatic rings. The molecule has 4 aromatic carbocycles. The predicted molar refractivity (Wildman–Crippen MR) is 128 cm³/mol. The fraction of sp³-hybridized carbons (Fsp3) is 0.0400. The van der Waals surface area contributed by atoms with Crippen molar-refractivity contribution >= 4 is 56.7 Å². The summed E-state index contributed by atoms with van der Waals surface area (Å²) < 4.78 is 11.5. The second-order valence-corrected chi connectivity index (χ2v) is 7.95. The van der Waals surface area contributed by atoms with Gasteiger partial charge in [-0.2, -0.15) is 0 Å².